The predicted molar refractivity (Wildman–Crippen MR) is 130 cm³/mol. The van der Waals surface area contributed by atoms with E-state index >= 15 is 0 Å². The Labute approximate surface area is 192 Å². The highest BCUT2D eigenvalue weighted by Gasteiger charge is 2.21. The van der Waals surface area contributed by atoms with Crippen LogP contribution in [0.5, 0.6) is 0 Å². The van der Waals surface area contributed by atoms with Crippen LogP contribution in [0.15, 0.2) is 36.0 Å². The van der Waals surface area contributed by atoms with Gasteiger partial charge in [-0.15, -0.1) is 11.3 Å². The predicted octanol–water partition coefficient (Wildman–Crippen LogP) is 3.53. The van der Waals surface area contributed by atoms with E-state index in [1.54, 1.807) is 17.8 Å². The molecule has 4 heterocycles. The highest BCUT2D eigenvalue weighted by atomic mass is 32.1. The van der Waals surface area contributed by atoms with Crippen molar-refractivity contribution >= 4 is 34.3 Å². The summed E-state index contributed by atoms with van der Waals surface area (Å²) in [6, 6.07) is 6.44. The number of nitrogens with one attached hydrogen (secondary N) is 2. The van der Waals surface area contributed by atoms with E-state index < -0.39 is 0 Å². The molecule has 2 fully saturated rings. The second kappa shape index (κ2) is 9.30. The first-order chi connectivity index (χ1) is 15.7. The van der Waals surface area contributed by atoms with Crippen LogP contribution in [0.1, 0.15) is 29.8 Å². The maximum absolute atomic E-state index is 13.0. The van der Waals surface area contributed by atoms with Crippen LogP contribution in [0.25, 0.3) is 10.6 Å². The van der Waals surface area contributed by atoms with Gasteiger partial charge in [-0.1, -0.05) is 0 Å². The number of carbonyl (C=O) groups excluding carboxylic acids is 1. The number of rotatable bonds is 5. The number of likely N-dealkylation sites (N-methyl/N-ethyl adjacent to an activating group) is 1. The summed E-state index contributed by atoms with van der Waals surface area (Å²) in [4.78, 5) is 24.8. The second-order valence-corrected chi connectivity index (χ2v) is 9.38. The average molecular weight is 452 g/mol. The number of nitrogens with zero attached hydrogens (tertiary/aromatic N) is 5. The van der Waals surface area contributed by atoms with Crippen molar-refractivity contribution in [3.05, 3.63) is 41.7 Å². The maximum atomic E-state index is 13.0. The van der Waals surface area contributed by atoms with Crippen LogP contribution in [-0.4, -0.2) is 72.3 Å². The van der Waals surface area contributed by atoms with Gasteiger partial charge in [0.1, 0.15) is 10.7 Å². The Morgan fingerprint density at radius 3 is 2.62 bits per heavy atom. The van der Waals surface area contributed by atoms with Gasteiger partial charge >= 0.3 is 0 Å². The smallest absolute Gasteiger partial charge is 0.275 e. The lowest BCUT2D eigenvalue weighted by Crippen LogP contribution is -2.44. The zero-order chi connectivity index (χ0) is 21.9. The summed E-state index contributed by atoms with van der Waals surface area (Å²) in [5.41, 5.74) is 4.51. The molecule has 168 valence electrons. The molecule has 0 radical (unpaired) electrons. The Morgan fingerprint density at radius 1 is 1.06 bits per heavy atom. The second-order valence-electron chi connectivity index (χ2n) is 8.52. The number of piperidine rings is 1. The van der Waals surface area contributed by atoms with Gasteiger partial charge in [-0.05, 0) is 44.5 Å². The largest absolute Gasteiger partial charge is 0.370 e. The van der Waals surface area contributed by atoms with Crippen LogP contribution >= 0.6 is 11.3 Å². The summed E-state index contributed by atoms with van der Waals surface area (Å²) in [7, 11) is 2.17. The van der Waals surface area contributed by atoms with Gasteiger partial charge in [-0.25, -0.2) is 4.98 Å². The molecule has 2 aliphatic heterocycles. The normalized spacial score (nSPS) is 17.5. The van der Waals surface area contributed by atoms with Crippen molar-refractivity contribution in [1.82, 2.24) is 20.1 Å². The number of amides is 1. The van der Waals surface area contributed by atoms with Gasteiger partial charge in [0.05, 0.1) is 17.6 Å². The fourth-order valence-electron chi connectivity index (χ4n) is 4.35. The van der Waals surface area contributed by atoms with Crippen LogP contribution in [0.2, 0.25) is 0 Å². The SMILES string of the molecule is CN1CCN(c2ccc(NC(=O)c3csc(-c4cn[nH]c4)n3)c(N3CCCCC3)c2)CC1. The van der Waals surface area contributed by atoms with E-state index in [-0.39, 0.29) is 5.91 Å². The van der Waals surface area contributed by atoms with Gasteiger partial charge in [0.2, 0.25) is 0 Å². The van der Waals surface area contributed by atoms with Crippen molar-refractivity contribution in [3.63, 3.8) is 0 Å². The summed E-state index contributed by atoms with van der Waals surface area (Å²) >= 11 is 1.45. The lowest BCUT2D eigenvalue weighted by molar-refractivity contribution is 0.102. The zero-order valence-electron chi connectivity index (χ0n) is 18.4. The molecular formula is C23H29N7OS. The molecule has 2 N–H and O–H groups in total. The van der Waals surface area contributed by atoms with Crippen molar-refractivity contribution in [2.24, 2.45) is 0 Å². The van der Waals surface area contributed by atoms with Crippen molar-refractivity contribution in [2.45, 2.75) is 19.3 Å². The molecule has 1 aromatic carbocycles. The van der Waals surface area contributed by atoms with Crippen LogP contribution in [0.4, 0.5) is 17.1 Å². The van der Waals surface area contributed by atoms with E-state index in [1.807, 2.05) is 0 Å². The number of aromatic nitrogens is 3. The lowest BCUT2D eigenvalue weighted by atomic mass is 10.1. The fourth-order valence-corrected chi connectivity index (χ4v) is 5.13. The minimum absolute atomic E-state index is 0.179. The average Bonchev–Trinajstić information content (AvgIpc) is 3.53. The molecule has 8 nitrogen and oxygen atoms in total. The highest BCUT2D eigenvalue weighted by Crippen LogP contribution is 2.34. The monoisotopic (exact) mass is 451 g/mol. The molecule has 0 saturated carbocycles. The van der Waals surface area contributed by atoms with Crippen molar-refractivity contribution in [1.29, 1.82) is 0 Å². The summed E-state index contributed by atoms with van der Waals surface area (Å²) in [6.07, 6.45) is 7.14. The number of carbonyl (C=O) groups is 1. The Kier molecular flexibility index (Phi) is 6.09. The first kappa shape index (κ1) is 21.0. The van der Waals surface area contributed by atoms with Gasteiger partial charge in [0, 0.05) is 62.1 Å². The van der Waals surface area contributed by atoms with E-state index in [9.17, 15) is 4.79 Å². The van der Waals surface area contributed by atoms with E-state index in [2.05, 4.69) is 60.4 Å². The third kappa shape index (κ3) is 4.49. The fraction of sp³-hybridized carbons (Fsp3) is 0.435. The topological polar surface area (TPSA) is 80.4 Å². The van der Waals surface area contributed by atoms with Crippen LogP contribution in [0, 0.1) is 0 Å². The van der Waals surface area contributed by atoms with Crippen molar-refractivity contribution in [2.75, 3.05) is 61.4 Å². The molecule has 2 aromatic heterocycles. The molecule has 32 heavy (non-hydrogen) atoms. The molecule has 2 aliphatic rings. The van der Waals surface area contributed by atoms with Crippen LogP contribution < -0.4 is 15.1 Å². The molecular weight excluding hydrogens is 422 g/mol. The van der Waals surface area contributed by atoms with Gasteiger partial charge in [-0.2, -0.15) is 5.10 Å². The standard InChI is InChI=1S/C23H29N7OS/c1-28-9-11-29(12-10-28)18-5-6-19(21(13-18)30-7-3-2-4-8-30)26-22(31)20-16-32-23(27-20)17-14-24-25-15-17/h5-6,13-16H,2-4,7-12H2,1H3,(H,24,25)(H,26,31). The van der Waals surface area contributed by atoms with Gasteiger partial charge in [-0.3, -0.25) is 9.89 Å². The van der Waals surface area contributed by atoms with Crippen molar-refractivity contribution < 1.29 is 4.79 Å². The third-order valence-corrected chi connectivity index (χ3v) is 7.17. The molecule has 0 aliphatic carbocycles. The first-order valence-electron chi connectivity index (χ1n) is 11.3. The summed E-state index contributed by atoms with van der Waals surface area (Å²) < 4.78 is 0. The number of benzene rings is 1. The molecule has 0 bridgehead atoms. The van der Waals surface area contributed by atoms with Crippen LogP contribution in [-0.2, 0) is 0 Å². The van der Waals surface area contributed by atoms with Gasteiger partial charge in [0.25, 0.3) is 5.91 Å². The first-order valence-corrected chi connectivity index (χ1v) is 12.1. The van der Waals surface area contributed by atoms with E-state index in [4.69, 9.17) is 0 Å². The number of aromatic amines is 1. The molecule has 3 aromatic rings. The number of hydrogen-bond acceptors (Lipinski definition) is 7. The highest BCUT2D eigenvalue weighted by molar-refractivity contribution is 7.13. The molecule has 1 amide bonds. The molecule has 0 atom stereocenters. The maximum Gasteiger partial charge on any atom is 0.275 e. The third-order valence-electron chi connectivity index (χ3n) is 6.28. The summed E-state index contributed by atoms with van der Waals surface area (Å²) in [5.74, 6) is -0.179. The Morgan fingerprint density at radius 2 is 1.88 bits per heavy atom. The lowest BCUT2D eigenvalue weighted by Gasteiger charge is -2.36. The Balaban J connectivity index is 1.39. The molecule has 0 spiro atoms. The molecule has 9 heteroatoms. The zero-order valence-corrected chi connectivity index (χ0v) is 19.2. The Bertz CT molecular complexity index is 1050. The number of thiazole rings is 1. The van der Waals surface area contributed by atoms with Crippen LogP contribution in [0.3, 0.4) is 0 Å². The van der Waals surface area contributed by atoms with Crippen molar-refractivity contribution in [3.8, 4) is 10.6 Å². The minimum Gasteiger partial charge on any atom is -0.370 e. The molecule has 5 rings (SSSR count). The van der Waals surface area contributed by atoms with Gasteiger partial charge in [0.15, 0.2) is 0 Å². The quantitative estimate of drug-likeness (QED) is 0.618. The number of hydrogen-bond donors (Lipinski definition) is 2. The van der Waals surface area contributed by atoms with E-state index in [0.717, 1.165) is 61.2 Å². The minimum atomic E-state index is -0.179. The van der Waals surface area contributed by atoms with Gasteiger partial charge < -0.3 is 20.0 Å². The number of anilines is 3. The summed E-state index contributed by atoms with van der Waals surface area (Å²) in [6.45, 7) is 6.24. The van der Waals surface area contributed by atoms with E-state index in [0.29, 0.717) is 5.69 Å². The number of H-pyrrole nitrogens is 1. The summed E-state index contributed by atoms with van der Waals surface area (Å²) in [5, 5.41) is 12.5. The molecule has 2 saturated heterocycles. The molecule has 0 unspecified atom stereocenters. The van der Waals surface area contributed by atoms with E-state index in [1.165, 1.54) is 36.3 Å². The Hall–Kier alpha value is -2.91. The number of piperazine rings is 1.